The Morgan fingerprint density at radius 2 is 1.97 bits per heavy atom. The Kier molecular flexibility index (Phi) is 6.11. The molecule has 0 radical (unpaired) electrons. The summed E-state index contributed by atoms with van der Waals surface area (Å²) in [6, 6.07) is 17.1. The van der Waals surface area contributed by atoms with Crippen LogP contribution in [0.3, 0.4) is 0 Å². The number of nitrogens with two attached hydrogens (primary N) is 1. The second-order valence-electron chi connectivity index (χ2n) is 7.62. The highest BCUT2D eigenvalue weighted by Crippen LogP contribution is 2.25. The Labute approximate surface area is 186 Å². The van der Waals surface area contributed by atoms with Gasteiger partial charge in [0, 0.05) is 13.1 Å². The number of benzene rings is 3. The highest BCUT2D eigenvalue weighted by Gasteiger charge is 2.35. The molecule has 4 rings (SSSR count). The number of ether oxygens (including phenoxy) is 1. The lowest BCUT2D eigenvalue weighted by Gasteiger charge is -2.18. The van der Waals surface area contributed by atoms with Crippen LogP contribution < -0.4 is 15.3 Å². The van der Waals surface area contributed by atoms with E-state index in [4.69, 9.17) is 10.6 Å². The van der Waals surface area contributed by atoms with Crippen molar-refractivity contribution in [2.24, 2.45) is 10.9 Å². The maximum atomic E-state index is 13.0. The molecule has 0 unspecified atom stereocenters. The molecule has 0 aliphatic carbocycles. The molecular formula is C23H24N4O4S. The van der Waals surface area contributed by atoms with Gasteiger partial charge in [-0.05, 0) is 58.7 Å². The van der Waals surface area contributed by atoms with Crippen molar-refractivity contribution in [1.82, 2.24) is 9.62 Å². The maximum Gasteiger partial charge on any atom is 0.241 e. The number of carbonyl (C=O) groups is 1. The number of carbonyl (C=O) groups excluding carboxylic acids is 1. The molecule has 1 aliphatic rings. The summed E-state index contributed by atoms with van der Waals surface area (Å²) < 4.78 is 33.7. The van der Waals surface area contributed by atoms with Crippen molar-refractivity contribution in [3.05, 3.63) is 71.8 Å². The van der Waals surface area contributed by atoms with Crippen molar-refractivity contribution >= 4 is 32.9 Å². The van der Waals surface area contributed by atoms with Crippen LogP contribution in [0.4, 0.5) is 0 Å². The second kappa shape index (κ2) is 8.97. The molecule has 3 aromatic rings. The SMILES string of the molecule is COc1ccc2ccc(S(=O)(=O)N[C@@H]3CCN(Cc4cccc(C=NN)c4)C3=O)cc2c1. The smallest absolute Gasteiger partial charge is 0.241 e. The molecular weight excluding hydrogens is 428 g/mol. The largest absolute Gasteiger partial charge is 0.497 e. The van der Waals surface area contributed by atoms with Gasteiger partial charge in [-0.3, -0.25) is 4.79 Å². The van der Waals surface area contributed by atoms with Gasteiger partial charge < -0.3 is 15.5 Å². The van der Waals surface area contributed by atoms with E-state index >= 15 is 0 Å². The fraction of sp³-hybridized carbons (Fsp3) is 0.217. The molecule has 1 atom stereocenters. The number of hydrogen-bond donors (Lipinski definition) is 2. The number of methoxy groups -OCH3 is 1. The number of sulfonamides is 1. The summed E-state index contributed by atoms with van der Waals surface area (Å²) in [5, 5.41) is 5.16. The molecule has 1 fully saturated rings. The van der Waals surface area contributed by atoms with E-state index in [2.05, 4.69) is 9.82 Å². The van der Waals surface area contributed by atoms with Gasteiger partial charge >= 0.3 is 0 Å². The van der Waals surface area contributed by atoms with E-state index in [9.17, 15) is 13.2 Å². The minimum atomic E-state index is -3.87. The number of hydrazone groups is 1. The lowest BCUT2D eigenvalue weighted by atomic mass is 10.1. The summed E-state index contributed by atoms with van der Waals surface area (Å²) in [5.41, 5.74) is 1.75. The fourth-order valence-corrected chi connectivity index (χ4v) is 5.09. The average molecular weight is 453 g/mol. The molecule has 1 saturated heterocycles. The molecule has 0 saturated carbocycles. The molecule has 3 aromatic carbocycles. The van der Waals surface area contributed by atoms with E-state index in [-0.39, 0.29) is 10.8 Å². The minimum absolute atomic E-state index is 0.110. The van der Waals surface area contributed by atoms with Gasteiger partial charge in [0.1, 0.15) is 11.8 Å². The third-order valence-electron chi connectivity index (χ3n) is 5.47. The zero-order chi connectivity index (χ0) is 22.7. The summed E-state index contributed by atoms with van der Waals surface area (Å²) in [6.07, 6.45) is 1.94. The summed E-state index contributed by atoms with van der Waals surface area (Å²) in [5.74, 6) is 5.60. The van der Waals surface area contributed by atoms with Gasteiger partial charge in [-0.15, -0.1) is 0 Å². The lowest BCUT2D eigenvalue weighted by Crippen LogP contribution is -2.41. The highest BCUT2D eigenvalue weighted by atomic mass is 32.2. The molecule has 32 heavy (non-hydrogen) atoms. The monoisotopic (exact) mass is 452 g/mol. The number of nitrogens with zero attached hydrogens (tertiary/aromatic N) is 2. The normalized spacial score (nSPS) is 16.8. The minimum Gasteiger partial charge on any atom is -0.497 e. The summed E-state index contributed by atoms with van der Waals surface area (Å²) in [6.45, 7) is 0.856. The van der Waals surface area contributed by atoms with Crippen LogP contribution in [0.5, 0.6) is 5.75 Å². The summed E-state index contributed by atoms with van der Waals surface area (Å²) in [7, 11) is -2.31. The first-order chi connectivity index (χ1) is 15.4. The van der Waals surface area contributed by atoms with Crippen LogP contribution in [0, 0.1) is 0 Å². The molecule has 1 aliphatic heterocycles. The van der Waals surface area contributed by atoms with Crippen LogP contribution >= 0.6 is 0 Å². The Bertz CT molecular complexity index is 1290. The Hall–Kier alpha value is -3.43. The first-order valence-corrected chi connectivity index (χ1v) is 11.6. The predicted molar refractivity (Wildman–Crippen MR) is 123 cm³/mol. The summed E-state index contributed by atoms with van der Waals surface area (Å²) >= 11 is 0. The molecule has 1 amide bonds. The molecule has 0 bridgehead atoms. The zero-order valence-electron chi connectivity index (χ0n) is 17.6. The van der Waals surface area contributed by atoms with E-state index in [0.29, 0.717) is 25.3 Å². The fourth-order valence-electron chi connectivity index (χ4n) is 3.84. The first-order valence-electron chi connectivity index (χ1n) is 10.1. The number of hydrogen-bond acceptors (Lipinski definition) is 6. The molecule has 8 nitrogen and oxygen atoms in total. The number of rotatable bonds is 7. The van der Waals surface area contributed by atoms with Gasteiger partial charge in [0.2, 0.25) is 15.9 Å². The summed E-state index contributed by atoms with van der Waals surface area (Å²) in [4.78, 5) is 14.6. The second-order valence-corrected chi connectivity index (χ2v) is 9.33. The third-order valence-corrected chi connectivity index (χ3v) is 6.94. The van der Waals surface area contributed by atoms with Crippen molar-refractivity contribution in [3.63, 3.8) is 0 Å². The Morgan fingerprint density at radius 1 is 1.16 bits per heavy atom. The lowest BCUT2D eigenvalue weighted by molar-refractivity contribution is -0.129. The average Bonchev–Trinajstić information content (AvgIpc) is 3.12. The van der Waals surface area contributed by atoms with Crippen LogP contribution in [-0.2, 0) is 21.4 Å². The first kappa shape index (κ1) is 21.8. The van der Waals surface area contributed by atoms with Gasteiger partial charge in [0.05, 0.1) is 18.2 Å². The van der Waals surface area contributed by atoms with Gasteiger partial charge in [-0.2, -0.15) is 9.82 Å². The highest BCUT2D eigenvalue weighted by molar-refractivity contribution is 7.89. The molecule has 3 N–H and O–H groups in total. The van der Waals surface area contributed by atoms with Gasteiger partial charge in [-0.25, -0.2) is 8.42 Å². The van der Waals surface area contributed by atoms with Crippen LogP contribution in [0.2, 0.25) is 0 Å². The number of likely N-dealkylation sites (tertiary alicyclic amines) is 1. The van der Waals surface area contributed by atoms with Gasteiger partial charge in [0.25, 0.3) is 0 Å². The van der Waals surface area contributed by atoms with Gasteiger partial charge in [-0.1, -0.05) is 30.3 Å². The van der Waals surface area contributed by atoms with Crippen LogP contribution in [0.25, 0.3) is 10.8 Å². The third kappa shape index (κ3) is 4.58. The Morgan fingerprint density at radius 3 is 2.75 bits per heavy atom. The van der Waals surface area contributed by atoms with Crippen LogP contribution in [0.1, 0.15) is 17.5 Å². The number of amides is 1. The van der Waals surface area contributed by atoms with Crippen molar-refractivity contribution in [2.75, 3.05) is 13.7 Å². The number of fused-ring (bicyclic) bond motifs is 1. The topological polar surface area (TPSA) is 114 Å². The molecule has 9 heteroatoms. The van der Waals surface area contributed by atoms with E-state index in [1.807, 2.05) is 36.4 Å². The van der Waals surface area contributed by atoms with Crippen LogP contribution in [-0.4, -0.2) is 45.1 Å². The predicted octanol–water partition coefficient (Wildman–Crippen LogP) is 2.22. The standard InChI is InChI=1S/C23H24N4O4S/c1-31-20-7-5-18-6-8-21(13-19(18)12-20)32(29,30)26-22-9-10-27(23(22)28)15-17-4-2-3-16(11-17)14-25-24/h2-8,11-14,22,26H,9-10,15,24H2,1H3/t22-/m1/s1. The molecule has 166 valence electrons. The van der Waals surface area contributed by atoms with E-state index in [0.717, 1.165) is 21.9 Å². The van der Waals surface area contributed by atoms with E-state index < -0.39 is 16.1 Å². The Balaban J connectivity index is 1.48. The molecule has 0 aromatic heterocycles. The quantitative estimate of drug-likeness (QED) is 0.324. The van der Waals surface area contributed by atoms with E-state index in [1.165, 1.54) is 6.21 Å². The zero-order valence-corrected chi connectivity index (χ0v) is 18.4. The van der Waals surface area contributed by atoms with Crippen molar-refractivity contribution < 1.29 is 17.9 Å². The van der Waals surface area contributed by atoms with Gasteiger partial charge in [0.15, 0.2) is 0 Å². The number of nitrogens with one attached hydrogen (secondary N) is 1. The van der Waals surface area contributed by atoms with E-state index in [1.54, 1.807) is 36.3 Å². The van der Waals surface area contributed by atoms with Crippen molar-refractivity contribution in [1.29, 1.82) is 0 Å². The maximum absolute atomic E-state index is 13.0. The van der Waals surface area contributed by atoms with Crippen molar-refractivity contribution in [2.45, 2.75) is 23.9 Å². The molecule has 0 spiro atoms. The molecule has 1 heterocycles. The van der Waals surface area contributed by atoms with Crippen LogP contribution in [0.15, 0.2) is 70.7 Å². The van der Waals surface area contributed by atoms with Crippen molar-refractivity contribution in [3.8, 4) is 5.75 Å².